The number of aromatic amines is 1. The van der Waals surface area contributed by atoms with E-state index >= 15 is 0 Å². The Balaban J connectivity index is 1.68. The number of ether oxygens (including phenoxy) is 1. The Labute approximate surface area is 146 Å². The standard InChI is InChI=1S/C17H15N3O4S/c1-24-17(23)15-12(8-9-25-15)19-14(21)7-6-13-18-11-5-3-2-4-10(11)16(22)20-13/h2-5,8-9H,6-7H2,1H3,(H,19,21)(H,18,20,22). The smallest absolute Gasteiger partial charge is 0.350 e. The molecule has 3 rings (SSSR count). The molecule has 128 valence electrons. The first-order valence-electron chi connectivity index (χ1n) is 7.52. The number of nitrogens with one attached hydrogen (secondary N) is 2. The molecule has 0 atom stereocenters. The number of aryl methyl sites for hydroxylation is 1. The van der Waals surface area contributed by atoms with Crippen molar-refractivity contribution in [2.45, 2.75) is 12.8 Å². The predicted molar refractivity (Wildman–Crippen MR) is 95.0 cm³/mol. The van der Waals surface area contributed by atoms with Crippen molar-refractivity contribution in [2.24, 2.45) is 0 Å². The number of fused-ring (bicyclic) bond motifs is 1. The van der Waals surface area contributed by atoms with Crippen LogP contribution in [0, 0.1) is 0 Å². The Morgan fingerprint density at radius 3 is 2.88 bits per heavy atom. The van der Waals surface area contributed by atoms with E-state index in [0.717, 1.165) is 0 Å². The summed E-state index contributed by atoms with van der Waals surface area (Å²) < 4.78 is 4.67. The number of nitrogens with zero attached hydrogens (tertiary/aromatic N) is 1. The number of carbonyl (C=O) groups excluding carboxylic acids is 2. The number of anilines is 1. The molecular weight excluding hydrogens is 342 g/mol. The van der Waals surface area contributed by atoms with Gasteiger partial charge in [0.1, 0.15) is 10.7 Å². The van der Waals surface area contributed by atoms with Crippen molar-refractivity contribution in [3.8, 4) is 0 Å². The highest BCUT2D eigenvalue weighted by atomic mass is 32.1. The minimum Gasteiger partial charge on any atom is -0.465 e. The highest BCUT2D eigenvalue weighted by molar-refractivity contribution is 7.12. The lowest BCUT2D eigenvalue weighted by Gasteiger charge is -2.06. The van der Waals surface area contributed by atoms with E-state index in [-0.39, 0.29) is 24.3 Å². The topological polar surface area (TPSA) is 101 Å². The number of aromatic nitrogens is 2. The van der Waals surface area contributed by atoms with E-state index in [4.69, 9.17) is 0 Å². The third kappa shape index (κ3) is 3.74. The summed E-state index contributed by atoms with van der Waals surface area (Å²) in [6.07, 6.45) is 0.404. The van der Waals surface area contributed by atoms with E-state index in [1.54, 1.807) is 35.7 Å². The molecule has 0 saturated carbocycles. The number of amides is 1. The lowest BCUT2D eigenvalue weighted by molar-refractivity contribution is -0.116. The number of para-hydroxylation sites is 1. The monoisotopic (exact) mass is 357 g/mol. The van der Waals surface area contributed by atoms with Crippen LogP contribution in [0.15, 0.2) is 40.5 Å². The van der Waals surface area contributed by atoms with Crippen LogP contribution in [-0.4, -0.2) is 29.0 Å². The second kappa shape index (κ2) is 7.27. The fraction of sp³-hybridized carbons (Fsp3) is 0.176. The van der Waals surface area contributed by atoms with Crippen LogP contribution in [0.5, 0.6) is 0 Å². The largest absolute Gasteiger partial charge is 0.465 e. The number of carbonyl (C=O) groups is 2. The average molecular weight is 357 g/mol. The van der Waals surface area contributed by atoms with E-state index in [9.17, 15) is 14.4 Å². The minimum absolute atomic E-state index is 0.123. The van der Waals surface area contributed by atoms with Crippen LogP contribution in [0.3, 0.4) is 0 Å². The van der Waals surface area contributed by atoms with Gasteiger partial charge in [-0.25, -0.2) is 9.78 Å². The number of benzene rings is 1. The predicted octanol–water partition coefficient (Wildman–Crippen LogP) is 2.34. The molecular formula is C17H15N3O4S. The van der Waals surface area contributed by atoms with Gasteiger partial charge in [-0.05, 0) is 23.6 Å². The third-order valence-electron chi connectivity index (χ3n) is 3.56. The molecule has 0 saturated heterocycles. The van der Waals surface area contributed by atoms with Crippen molar-refractivity contribution < 1.29 is 14.3 Å². The zero-order chi connectivity index (χ0) is 17.8. The number of hydrogen-bond donors (Lipinski definition) is 2. The molecule has 8 heteroatoms. The van der Waals surface area contributed by atoms with Gasteiger partial charge < -0.3 is 15.0 Å². The van der Waals surface area contributed by atoms with E-state index in [1.165, 1.54) is 18.4 Å². The van der Waals surface area contributed by atoms with Gasteiger partial charge in [0.05, 0.1) is 23.7 Å². The number of esters is 1. The molecule has 0 aliphatic rings. The fourth-order valence-corrected chi connectivity index (χ4v) is 3.12. The van der Waals surface area contributed by atoms with Crippen LogP contribution in [0.4, 0.5) is 5.69 Å². The van der Waals surface area contributed by atoms with Crippen LogP contribution in [-0.2, 0) is 16.0 Å². The summed E-state index contributed by atoms with van der Waals surface area (Å²) >= 11 is 1.19. The molecule has 25 heavy (non-hydrogen) atoms. The number of rotatable bonds is 5. The van der Waals surface area contributed by atoms with Crippen molar-refractivity contribution in [2.75, 3.05) is 12.4 Å². The molecule has 0 bridgehead atoms. The number of methoxy groups -OCH3 is 1. The molecule has 2 aromatic heterocycles. The summed E-state index contributed by atoms with van der Waals surface area (Å²) in [5, 5.41) is 4.89. The first-order valence-corrected chi connectivity index (χ1v) is 8.40. The summed E-state index contributed by atoms with van der Waals surface area (Å²) in [5.74, 6) is -0.331. The molecule has 0 spiro atoms. The fourth-order valence-electron chi connectivity index (χ4n) is 2.36. The van der Waals surface area contributed by atoms with E-state index in [1.807, 2.05) is 0 Å². The Kier molecular flexibility index (Phi) is 4.90. The maximum atomic E-state index is 12.1. The van der Waals surface area contributed by atoms with Gasteiger partial charge in [0, 0.05) is 12.8 Å². The zero-order valence-electron chi connectivity index (χ0n) is 13.4. The average Bonchev–Trinajstić information content (AvgIpc) is 3.07. The Morgan fingerprint density at radius 2 is 2.08 bits per heavy atom. The van der Waals surface area contributed by atoms with Gasteiger partial charge in [-0.15, -0.1) is 11.3 Å². The molecule has 7 nitrogen and oxygen atoms in total. The Morgan fingerprint density at radius 1 is 1.28 bits per heavy atom. The Bertz CT molecular complexity index is 993. The van der Waals surface area contributed by atoms with Gasteiger partial charge in [-0.1, -0.05) is 12.1 Å². The number of thiophene rings is 1. The Hall–Kier alpha value is -3.00. The molecule has 2 N–H and O–H groups in total. The van der Waals surface area contributed by atoms with Crippen molar-refractivity contribution in [3.05, 3.63) is 56.8 Å². The molecule has 1 amide bonds. The van der Waals surface area contributed by atoms with Crippen molar-refractivity contribution in [1.82, 2.24) is 9.97 Å². The maximum Gasteiger partial charge on any atom is 0.350 e. The zero-order valence-corrected chi connectivity index (χ0v) is 14.2. The van der Waals surface area contributed by atoms with Crippen LogP contribution >= 0.6 is 11.3 Å². The molecule has 0 radical (unpaired) electrons. The normalized spacial score (nSPS) is 10.6. The SMILES string of the molecule is COC(=O)c1sccc1NC(=O)CCc1nc2ccccc2c(=O)[nH]1. The van der Waals surface area contributed by atoms with Gasteiger partial charge in [-0.3, -0.25) is 9.59 Å². The number of H-pyrrole nitrogens is 1. The van der Waals surface area contributed by atoms with Crippen LogP contribution < -0.4 is 10.9 Å². The van der Waals surface area contributed by atoms with Gasteiger partial charge in [0.25, 0.3) is 5.56 Å². The van der Waals surface area contributed by atoms with Crippen molar-refractivity contribution in [3.63, 3.8) is 0 Å². The molecule has 3 aromatic rings. The number of hydrogen-bond acceptors (Lipinski definition) is 6. The van der Waals surface area contributed by atoms with Gasteiger partial charge >= 0.3 is 5.97 Å². The molecule has 1 aromatic carbocycles. The van der Waals surface area contributed by atoms with E-state index < -0.39 is 5.97 Å². The second-order valence-corrected chi connectivity index (χ2v) is 6.15. The summed E-state index contributed by atoms with van der Waals surface area (Å²) in [5.41, 5.74) is 0.779. The summed E-state index contributed by atoms with van der Waals surface area (Å²) in [7, 11) is 1.29. The molecule has 0 aliphatic heterocycles. The second-order valence-electron chi connectivity index (χ2n) is 5.23. The van der Waals surface area contributed by atoms with Crippen LogP contribution in [0.25, 0.3) is 10.9 Å². The summed E-state index contributed by atoms with van der Waals surface area (Å²) in [6, 6.07) is 8.66. The van der Waals surface area contributed by atoms with E-state index in [0.29, 0.717) is 27.3 Å². The third-order valence-corrected chi connectivity index (χ3v) is 4.46. The highest BCUT2D eigenvalue weighted by Gasteiger charge is 2.15. The highest BCUT2D eigenvalue weighted by Crippen LogP contribution is 2.23. The molecule has 2 heterocycles. The molecule has 0 fully saturated rings. The lowest BCUT2D eigenvalue weighted by Crippen LogP contribution is -2.17. The quantitative estimate of drug-likeness (QED) is 0.683. The first-order chi connectivity index (χ1) is 12.1. The van der Waals surface area contributed by atoms with Crippen molar-refractivity contribution >= 4 is 39.8 Å². The van der Waals surface area contributed by atoms with Crippen molar-refractivity contribution in [1.29, 1.82) is 0 Å². The van der Waals surface area contributed by atoms with Crippen LogP contribution in [0.2, 0.25) is 0 Å². The molecule has 0 aliphatic carbocycles. The minimum atomic E-state index is -0.495. The summed E-state index contributed by atoms with van der Waals surface area (Å²) in [4.78, 5) is 43.1. The first kappa shape index (κ1) is 16.8. The van der Waals surface area contributed by atoms with Gasteiger partial charge in [0.2, 0.25) is 5.91 Å². The van der Waals surface area contributed by atoms with Crippen LogP contribution in [0.1, 0.15) is 21.9 Å². The maximum absolute atomic E-state index is 12.1. The summed E-state index contributed by atoms with van der Waals surface area (Å²) in [6.45, 7) is 0. The van der Waals surface area contributed by atoms with Gasteiger partial charge in [-0.2, -0.15) is 0 Å². The molecule has 0 unspecified atom stereocenters. The van der Waals surface area contributed by atoms with E-state index in [2.05, 4.69) is 20.0 Å². The lowest BCUT2D eigenvalue weighted by atomic mass is 10.2. The van der Waals surface area contributed by atoms with Gasteiger partial charge in [0.15, 0.2) is 0 Å².